The van der Waals surface area contributed by atoms with Crippen molar-refractivity contribution in [3.05, 3.63) is 66.4 Å². The van der Waals surface area contributed by atoms with Crippen molar-refractivity contribution in [3.63, 3.8) is 0 Å². The van der Waals surface area contributed by atoms with Crippen molar-refractivity contribution >= 4 is 41.6 Å². The van der Waals surface area contributed by atoms with Gasteiger partial charge in [-0.15, -0.1) is 0 Å². The lowest BCUT2D eigenvalue weighted by Gasteiger charge is -2.62. The SMILES string of the molecule is C=C1[C@H]2C(=O)[C@@]3(C)[C@@H](O[C@@]14[C@H](OC(C)=O)C(=O)O[C@@H](c1ccoc1)[C@]4(C)[C@H]2OC(C)=O)[C@@H](OC(=O)C(C)C)[C@@H](OC(=O)c1cccnc1)C(C)(C)[C@@H]3CC(=O)OC. The molecule has 1 spiro atoms. The van der Waals surface area contributed by atoms with E-state index < -0.39 is 124 Å². The number of aromatic nitrogens is 1. The molecular weight excluding hydrogens is 746 g/mol. The molecule has 57 heavy (non-hydrogen) atoms. The van der Waals surface area contributed by atoms with E-state index in [1.54, 1.807) is 34.6 Å². The number of esters is 6. The number of ether oxygens (including phenoxy) is 7. The van der Waals surface area contributed by atoms with Crippen LogP contribution in [0, 0.1) is 34.0 Å². The molecule has 16 nitrogen and oxygen atoms in total. The Kier molecular flexibility index (Phi) is 10.5. The summed E-state index contributed by atoms with van der Waals surface area (Å²) in [7, 11) is 1.18. The van der Waals surface area contributed by atoms with E-state index in [1.165, 1.54) is 57.2 Å². The van der Waals surface area contributed by atoms with E-state index >= 15 is 4.79 Å². The van der Waals surface area contributed by atoms with Gasteiger partial charge in [-0.25, -0.2) is 9.59 Å². The molecule has 0 amide bonds. The van der Waals surface area contributed by atoms with E-state index in [9.17, 15) is 28.8 Å². The van der Waals surface area contributed by atoms with Gasteiger partial charge in [0.1, 0.15) is 24.4 Å². The van der Waals surface area contributed by atoms with Gasteiger partial charge in [0.15, 0.2) is 17.5 Å². The third kappa shape index (κ3) is 6.14. The fourth-order valence-electron chi connectivity index (χ4n) is 9.78. The molecule has 2 saturated carbocycles. The lowest BCUT2D eigenvalue weighted by atomic mass is 9.49. The minimum atomic E-state index is -2.28. The van der Waals surface area contributed by atoms with Crippen LogP contribution in [0.1, 0.15) is 83.8 Å². The average Bonchev–Trinajstić information content (AvgIpc) is 3.73. The number of carbonyl (C=O) groups is 7. The second-order valence-electron chi connectivity index (χ2n) is 16.4. The molecule has 0 aromatic carbocycles. The second kappa shape index (κ2) is 14.5. The molecule has 16 heteroatoms. The Morgan fingerprint density at radius 2 is 1.63 bits per heavy atom. The van der Waals surface area contributed by atoms with Crippen LogP contribution in [0.4, 0.5) is 0 Å². The van der Waals surface area contributed by atoms with Gasteiger partial charge in [0.05, 0.1) is 54.3 Å². The Balaban J connectivity index is 1.69. The molecule has 6 rings (SSSR count). The Morgan fingerprint density at radius 1 is 0.947 bits per heavy atom. The van der Waals surface area contributed by atoms with Crippen molar-refractivity contribution < 1.29 is 71.1 Å². The Morgan fingerprint density at radius 3 is 2.19 bits per heavy atom. The largest absolute Gasteiger partial charge is 0.472 e. The molecule has 2 aromatic heterocycles. The molecule has 2 saturated heterocycles. The summed E-state index contributed by atoms with van der Waals surface area (Å²) in [5.41, 5.74) is -7.18. The highest BCUT2D eigenvalue weighted by molar-refractivity contribution is 5.96. The van der Waals surface area contributed by atoms with Gasteiger partial charge in [0.25, 0.3) is 0 Å². The lowest BCUT2D eigenvalue weighted by molar-refractivity contribution is -0.316. The van der Waals surface area contributed by atoms with Crippen molar-refractivity contribution in [1.82, 2.24) is 4.98 Å². The Bertz CT molecular complexity index is 1990. The predicted octanol–water partition coefficient (Wildman–Crippen LogP) is 4.05. The van der Waals surface area contributed by atoms with Crippen LogP contribution in [0.15, 0.2) is 59.7 Å². The maximum absolute atomic E-state index is 15.9. The summed E-state index contributed by atoms with van der Waals surface area (Å²) >= 11 is 0. The molecule has 2 bridgehead atoms. The topological polar surface area (TPSA) is 210 Å². The number of hydrogen-bond acceptors (Lipinski definition) is 16. The number of nitrogens with zero attached hydrogens (tertiary/aromatic N) is 1. The van der Waals surface area contributed by atoms with Gasteiger partial charge >= 0.3 is 35.8 Å². The summed E-state index contributed by atoms with van der Waals surface area (Å²) in [5, 5.41) is 0. The zero-order valence-electron chi connectivity index (χ0n) is 33.2. The van der Waals surface area contributed by atoms with Gasteiger partial charge in [-0.3, -0.25) is 29.0 Å². The van der Waals surface area contributed by atoms with E-state index in [4.69, 9.17) is 37.6 Å². The lowest BCUT2D eigenvalue weighted by Crippen LogP contribution is -2.75. The zero-order valence-corrected chi connectivity index (χ0v) is 33.2. The van der Waals surface area contributed by atoms with Crippen molar-refractivity contribution in [3.8, 4) is 0 Å². The van der Waals surface area contributed by atoms with E-state index in [1.807, 2.05) is 0 Å². The molecule has 306 valence electrons. The summed E-state index contributed by atoms with van der Waals surface area (Å²) < 4.78 is 48.1. The van der Waals surface area contributed by atoms with Crippen LogP contribution in [0.5, 0.6) is 0 Å². The number of Topliss-reactive ketones (excluding diaryl/α,β-unsaturated/α-hetero) is 1. The minimum absolute atomic E-state index is 0.0497. The molecule has 2 aliphatic carbocycles. The Labute approximate surface area is 328 Å². The van der Waals surface area contributed by atoms with E-state index in [2.05, 4.69) is 11.6 Å². The maximum atomic E-state index is 15.9. The summed E-state index contributed by atoms with van der Waals surface area (Å²) in [6.07, 6.45) is -4.64. The number of fused-ring (bicyclic) bond motifs is 2. The van der Waals surface area contributed by atoms with E-state index in [0.717, 1.165) is 13.8 Å². The zero-order chi connectivity index (χ0) is 42.0. The first-order valence-corrected chi connectivity index (χ1v) is 18.6. The number of furan rings is 1. The summed E-state index contributed by atoms with van der Waals surface area (Å²) in [4.78, 5) is 101. The van der Waals surface area contributed by atoms with Crippen LogP contribution >= 0.6 is 0 Å². The van der Waals surface area contributed by atoms with Crippen LogP contribution in [0.2, 0.25) is 0 Å². The monoisotopic (exact) mass is 793 g/mol. The standard InChI is InChI=1S/C41H47NO15/c1-19(2)35(47)54-28-32(56-36(48)23-12-11-14-42-17-23)38(6,7)25(16-26(45)50-10)39(8)29(46)27-20(3)41(57-33(28)39)34(53-22(5)44)37(49)55-30(24-13-15-51-18-24)40(41,9)31(27)52-21(4)43/h11-15,17-19,25,27-28,30-34H,3,16H2,1-2,4-10H3/t25-,27-,28-,30-,31-,32+,33-,34+,39-,40+,41+/m0/s1. The van der Waals surface area contributed by atoms with Gasteiger partial charge in [0, 0.05) is 37.2 Å². The first-order chi connectivity index (χ1) is 26.7. The molecule has 0 N–H and O–H groups in total. The third-order valence-electron chi connectivity index (χ3n) is 12.5. The highest BCUT2D eigenvalue weighted by Crippen LogP contribution is 2.71. The van der Waals surface area contributed by atoms with E-state index in [-0.39, 0.29) is 16.7 Å². The highest BCUT2D eigenvalue weighted by Gasteiger charge is 2.84. The minimum Gasteiger partial charge on any atom is -0.472 e. The number of pyridine rings is 1. The van der Waals surface area contributed by atoms with E-state index in [0.29, 0.717) is 0 Å². The van der Waals surface area contributed by atoms with Gasteiger partial charge in [-0.1, -0.05) is 34.3 Å². The Hall–Kier alpha value is -5.38. The molecule has 2 aliphatic heterocycles. The van der Waals surface area contributed by atoms with Crippen LogP contribution in [-0.2, 0) is 61.9 Å². The maximum Gasteiger partial charge on any atom is 0.351 e. The molecule has 0 radical (unpaired) electrons. The molecule has 0 unspecified atom stereocenters. The normalized spacial score (nSPS) is 35.2. The quantitative estimate of drug-likeness (QED) is 0.199. The molecule has 11 atom stereocenters. The molecule has 4 aliphatic rings. The van der Waals surface area contributed by atoms with Crippen molar-refractivity contribution in [2.45, 2.75) is 104 Å². The predicted molar refractivity (Wildman–Crippen MR) is 192 cm³/mol. The summed E-state index contributed by atoms with van der Waals surface area (Å²) in [5.74, 6) is -9.22. The highest BCUT2D eigenvalue weighted by atomic mass is 16.7. The number of carbonyl (C=O) groups excluding carboxylic acids is 7. The average molecular weight is 794 g/mol. The molecule has 2 aromatic rings. The fraction of sp³-hybridized carbons (Fsp3) is 0.561. The third-order valence-corrected chi connectivity index (χ3v) is 12.5. The van der Waals surface area contributed by atoms with Crippen molar-refractivity contribution in [1.29, 1.82) is 0 Å². The van der Waals surface area contributed by atoms with Crippen LogP contribution in [-0.4, -0.2) is 89.8 Å². The number of ketones is 1. The van der Waals surface area contributed by atoms with Crippen molar-refractivity contribution in [2.24, 2.45) is 34.0 Å². The summed E-state index contributed by atoms with van der Waals surface area (Å²) in [6.45, 7) is 16.1. The number of rotatable bonds is 9. The molecular formula is C41H47NO15. The fourth-order valence-corrected chi connectivity index (χ4v) is 9.78. The van der Waals surface area contributed by atoms with Gasteiger partial charge in [-0.05, 0) is 43.5 Å². The second-order valence-corrected chi connectivity index (χ2v) is 16.4. The number of cyclic esters (lactones) is 1. The first-order valence-electron chi connectivity index (χ1n) is 18.6. The first kappa shape index (κ1) is 41.3. The molecule has 4 fully saturated rings. The van der Waals surface area contributed by atoms with Crippen LogP contribution in [0.25, 0.3) is 0 Å². The van der Waals surface area contributed by atoms with Crippen LogP contribution < -0.4 is 0 Å². The van der Waals surface area contributed by atoms with Gasteiger partial charge in [-0.2, -0.15) is 0 Å². The van der Waals surface area contributed by atoms with Crippen molar-refractivity contribution in [2.75, 3.05) is 7.11 Å². The van der Waals surface area contributed by atoms with Gasteiger partial charge < -0.3 is 37.6 Å². The number of hydrogen-bond donors (Lipinski definition) is 0. The summed E-state index contributed by atoms with van der Waals surface area (Å²) in [6, 6.07) is 4.51. The van der Waals surface area contributed by atoms with Gasteiger partial charge in [0.2, 0.25) is 6.10 Å². The van der Waals surface area contributed by atoms with Crippen LogP contribution in [0.3, 0.4) is 0 Å². The number of methoxy groups -OCH3 is 1. The smallest absolute Gasteiger partial charge is 0.351 e. The molecule has 4 heterocycles.